The van der Waals surface area contributed by atoms with Gasteiger partial charge in [-0.2, -0.15) is 0 Å². The molecule has 29 heavy (non-hydrogen) atoms. The third kappa shape index (κ3) is 5.34. The predicted molar refractivity (Wildman–Crippen MR) is 117 cm³/mol. The van der Waals surface area contributed by atoms with Gasteiger partial charge in [0, 0.05) is 11.6 Å². The van der Waals surface area contributed by atoms with Gasteiger partial charge >= 0.3 is 0 Å². The predicted octanol–water partition coefficient (Wildman–Crippen LogP) is 4.53. The first-order valence-corrected chi connectivity index (χ1v) is 10.8. The van der Waals surface area contributed by atoms with Crippen LogP contribution in [0.3, 0.4) is 0 Å². The van der Waals surface area contributed by atoms with Crippen molar-refractivity contribution in [3.05, 3.63) is 40.2 Å². The van der Waals surface area contributed by atoms with Crippen LogP contribution in [0.5, 0.6) is 5.75 Å². The van der Waals surface area contributed by atoms with Gasteiger partial charge in [-0.1, -0.05) is 19.9 Å². The van der Waals surface area contributed by atoms with Gasteiger partial charge < -0.3 is 15.0 Å². The van der Waals surface area contributed by atoms with Gasteiger partial charge in [0.25, 0.3) is 5.91 Å². The molecule has 1 amide bonds. The van der Waals surface area contributed by atoms with Gasteiger partial charge in [-0.25, -0.2) is 9.83 Å². The topological polar surface area (TPSA) is 58.8 Å². The number of amides is 1. The third-order valence-corrected chi connectivity index (χ3v) is 6.16. The molecule has 7 heteroatoms. The van der Waals surface area contributed by atoms with Crippen molar-refractivity contribution in [2.45, 2.75) is 39.7 Å². The first-order valence-electron chi connectivity index (χ1n) is 9.99. The van der Waals surface area contributed by atoms with Gasteiger partial charge in [-0.3, -0.25) is 4.79 Å². The molecule has 0 radical (unpaired) electrons. The second-order valence-electron chi connectivity index (χ2n) is 7.98. The average Bonchev–Trinajstić information content (AvgIpc) is 3.09. The third-order valence-electron chi connectivity index (χ3n) is 4.96. The van der Waals surface area contributed by atoms with E-state index in [0.717, 1.165) is 42.2 Å². The zero-order valence-electron chi connectivity index (χ0n) is 17.5. The van der Waals surface area contributed by atoms with Gasteiger partial charge in [0.15, 0.2) is 0 Å². The summed E-state index contributed by atoms with van der Waals surface area (Å²) in [6.45, 7) is 16.0. The van der Waals surface area contributed by atoms with E-state index >= 15 is 0 Å². The maximum atomic E-state index is 12.8. The maximum absolute atomic E-state index is 12.8. The number of hydrogen-bond donors (Lipinski definition) is 1. The number of rotatable bonds is 6. The van der Waals surface area contributed by atoms with Crippen LogP contribution in [0.25, 0.3) is 15.4 Å². The Morgan fingerprint density at radius 1 is 1.41 bits per heavy atom. The van der Waals surface area contributed by atoms with Crippen LogP contribution in [0, 0.1) is 19.4 Å². The van der Waals surface area contributed by atoms with Crippen molar-refractivity contribution in [3.63, 3.8) is 0 Å². The molecule has 0 aliphatic carbocycles. The lowest BCUT2D eigenvalue weighted by Gasteiger charge is -2.29. The molecule has 154 valence electrons. The van der Waals surface area contributed by atoms with Crippen LogP contribution in [-0.2, 0) is 0 Å². The number of benzene rings is 1. The highest BCUT2D eigenvalue weighted by Crippen LogP contribution is 2.35. The van der Waals surface area contributed by atoms with E-state index in [1.54, 1.807) is 6.07 Å². The Labute approximate surface area is 176 Å². The molecule has 3 rings (SSSR count). The van der Waals surface area contributed by atoms with Crippen molar-refractivity contribution in [2.75, 3.05) is 26.7 Å². The Balaban J connectivity index is 1.75. The van der Waals surface area contributed by atoms with E-state index < -0.39 is 0 Å². The fourth-order valence-electron chi connectivity index (χ4n) is 3.25. The number of nitrogens with one attached hydrogen (secondary N) is 1. The number of ether oxygens (including phenoxy) is 1. The Morgan fingerprint density at radius 3 is 2.79 bits per heavy atom. The quantitative estimate of drug-likeness (QED) is 0.709. The van der Waals surface area contributed by atoms with Crippen molar-refractivity contribution in [1.29, 1.82) is 0 Å². The smallest absolute Gasteiger partial charge is 0.263 e. The van der Waals surface area contributed by atoms with Gasteiger partial charge in [0.1, 0.15) is 15.6 Å². The van der Waals surface area contributed by atoms with Crippen LogP contribution in [0.15, 0.2) is 18.2 Å². The summed E-state index contributed by atoms with van der Waals surface area (Å²) in [6.07, 6.45) is 1.94. The molecule has 0 atom stereocenters. The highest BCUT2D eigenvalue weighted by Gasteiger charge is 2.22. The van der Waals surface area contributed by atoms with Crippen molar-refractivity contribution in [1.82, 2.24) is 15.2 Å². The van der Waals surface area contributed by atoms with Gasteiger partial charge in [0.2, 0.25) is 5.69 Å². The lowest BCUT2D eigenvalue weighted by molar-refractivity contribution is 0.0920. The number of aromatic nitrogens is 1. The summed E-state index contributed by atoms with van der Waals surface area (Å²) in [6, 6.07) is 5.73. The molecule has 1 fully saturated rings. The summed E-state index contributed by atoms with van der Waals surface area (Å²) in [5.74, 6) is 0.926. The summed E-state index contributed by atoms with van der Waals surface area (Å²) in [5.41, 5.74) is 2.02. The molecular formula is C22H28N4O2S. The molecule has 2 heterocycles. The van der Waals surface area contributed by atoms with E-state index in [1.807, 2.05) is 19.1 Å². The van der Waals surface area contributed by atoms with E-state index in [0.29, 0.717) is 28.8 Å². The van der Waals surface area contributed by atoms with E-state index in [2.05, 4.69) is 40.9 Å². The second-order valence-corrected chi connectivity index (χ2v) is 8.98. The zero-order chi connectivity index (χ0) is 21.0. The molecular weight excluding hydrogens is 384 g/mol. The summed E-state index contributed by atoms with van der Waals surface area (Å²) < 4.78 is 5.74. The number of carbonyl (C=O) groups excluding carboxylic acids is 1. The van der Waals surface area contributed by atoms with E-state index in [-0.39, 0.29) is 11.9 Å². The van der Waals surface area contributed by atoms with Crippen LogP contribution < -0.4 is 10.1 Å². The molecule has 1 N–H and O–H groups in total. The SMILES string of the molecule is [C-]#[N+]c1cc(-c2nc(C)c(C(=O)NC3CCN(C)CC3)s2)ccc1OCC(C)C. The molecule has 1 aromatic heterocycles. The lowest BCUT2D eigenvalue weighted by atomic mass is 10.1. The van der Waals surface area contributed by atoms with Crippen LogP contribution >= 0.6 is 11.3 Å². The molecule has 1 aliphatic heterocycles. The van der Waals surface area contributed by atoms with E-state index in [1.165, 1.54) is 11.3 Å². The Hall–Kier alpha value is -2.43. The van der Waals surface area contributed by atoms with E-state index in [9.17, 15) is 4.79 Å². The zero-order valence-corrected chi connectivity index (χ0v) is 18.3. The number of likely N-dealkylation sites (tertiary alicyclic amines) is 1. The average molecular weight is 413 g/mol. The fourth-order valence-corrected chi connectivity index (χ4v) is 4.22. The largest absolute Gasteiger partial charge is 0.504 e. The highest BCUT2D eigenvalue weighted by atomic mass is 32.1. The summed E-state index contributed by atoms with van der Waals surface area (Å²) in [4.78, 5) is 23.9. The van der Waals surface area contributed by atoms with Crippen LogP contribution in [0.1, 0.15) is 42.1 Å². The van der Waals surface area contributed by atoms with Crippen molar-refractivity contribution in [3.8, 4) is 16.3 Å². The summed E-state index contributed by atoms with van der Waals surface area (Å²) in [7, 11) is 2.11. The number of carbonyl (C=O) groups is 1. The van der Waals surface area contributed by atoms with Crippen molar-refractivity contribution < 1.29 is 9.53 Å². The van der Waals surface area contributed by atoms with Crippen molar-refractivity contribution in [2.24, 2.45) is 5.92 Å². The number of aryl methyl sites for hydroxylation is 1. The molecule has 2 aromatic rings. The molecule has 0 bridgehead atoms. The highest BCUT2D eigenvalue weighted by molar-refractivity contribution is 7.17. The van der Waals surface area contributed by atoms with Crippen molar-refractivity contribution >= 4 is 22.9 Å². The molecule has 1 saturated heterocycles. The Bertz CT molecular complexity index is 908. The molecule has 6 nitrogen and oxygen atoms in total. The second kappa shape index (κ2) is 9.38. The minimum atomic E-state index is -0.0527. The Morgan fingerprint density at radius 2 is 2.14 bits per heavy atom. The summed E-state index contributed by atoms with van der Waals surface area (Å²) >= 11 is 1.38. The molecule has 0 unspecified atom stereocenters. The van der Waals surface area contributed by atoms with Gasteiger partial charge in [0.05, 0.1) is 18.9 Å². The molecule has 1 aromatic carbocycles. The van der Waals surface area contributed by atoms with Crippen LogP contribution in [0.2, 0.25) is 0 Å². The van der Waals surface area contributed by atoms with E-state index in [4.69, 9.17) is 11.3 Å². The van der Waals surface area contributed by atoms with Crippen LogP contribution in [-0.4, -0.2) is 48.6 Å². The summed E-state index contributed by atoms with van der Waals surface area (Å²) in [5, 5.41) is 3.90. The fraction of sp³-hybridized carbons (Fsp3) is 0.500. The van der Waals surface area contributed by atoms with Gasteiger partial charge in [-0.05, 0) is 58.0 Å². The maximum Gasteiger partial charge on any atom is 0.263 e. The molecule has 0 saturated carbocycles. The number of nitrogens with zero attached hydrogens (tertiary/aromatic N) is 3. The minimum Gasteiger partial charge on any atom is -0.504 e. The lowest BCUT2D eigenvalue weighted by Crippen LogP contribution is -2.43. The number of piperidine rings is 1. The first-order chi connectivity index (χ1) is 13.9. The minimum absolute atomic E-state index is 0.0527. The van der Waals surface area contributed by atoms with Crippen LogP contribution in [0.4, 0.5) is 5.69 Å². The first kappa shape index (κ1) is 21.3. The number of thiazole rings is 1. The molecule has 0 spiro atoms. The number of hydrogen-bond acceptors (Lipinski definition) is 5. The molecule has 1 aliphatic rings. The normalized spacial score (nSPS) is 15.3. The standard InChI is InChI=1S/C22H28N4O2S/c1-14(2)13-28-19-7-6-16(12-18(19)23-4)22-24-15(3)20(29-22)21(27)25-17-8-10-26(5)11-9-17/h6-7,12,14,17H,8-11,13H2,1-3,5H3,(H,25,27). The van der Waals surface area contributed by atoms with Gasteiger partial charge in [-0.15, -0.1) is 11.3 Å². The Kier molecular flexibility index (Phi) is 6.88. The monoisotopic (exact) mass is 412 g/mol.